The maximum Gasteiger partial charge on any atom is 0.161 e. The summed E-state index contributed by atoms with van der Waals surface area (Å²) in [5.41, 5.74) is 7.57. The fraction of sp³-hybridized carbons (Fsp3) is 0.421. The Morgan fingerprint density at radius 2 is 2.17 bits per heavy atom. The second-order valence-electron chi connectivity index (χ2n) is 6.07. The summed E-state index contributed by atoms with van der Waals surface area (Å²) in [4.78, 5) is 4.37. The van der Waals surface area contributed by atoms with Crippen LogP contribution in [-0.2, 0) is 0 Å². The van der Waals surface area contributed by atoms with Crippen molar-refractivity contribution in [3.63, 3.8) is 0 Å². The third-order valence-corrected chi connectivity index (χ3v) is 4.29. The Bertz CT molecular complexity index is 684. The second-order valence-corrected chi connectivity index (χ2v) is 6.07. The molecular weight excluding hydrogens is 302 g/mol. The number of nitrogens with one attached hydrogen (secondary N) is 1. The van der Waals surface area contributed by atoms with Gasteiger partial charge in [-0.05, 0) is 63.6 Å². The van der Waals surface area contributed by atoms with Gasteiger partial charge < -0.3 is 20.5 Å². The molecule has 5 nitrogen and oxygen atoms in total. The summed E-state index contributed by atoms with van der Waals surface area (Å²) in [6.07, 6.45) is 2.45. The van der Waals surface area contributed by atoms with Crippen LogP contribution in [-0.4, -0.2) is 30.3 Å². The van der Waals surface area contributed by atoms with E-state index in [9.17, 15) is 0 Å². The van der Waals surface area contributed by atoms with Crippen LogP contribution < -0.4 is 20.5 Å². The van der Waals surface area contributed by atoms with Gasteiger partial charge in [-0.15, -0.1) is 0 Å². The summed E-state index contributed by atoms with van der Waals surface area (Å²) in [6.45, 7) is 5.72. The molecule has 1 aromatic heterocycles. The van der Waals surface area contributed by atoms with E-state index in [0.717, 1.165) is 35.7 Å². The topological polar surface area (TPSA) is 69.4 Å². The van der Waals surface area contributed by atoms with E-state index in [1.165, 1.54) is 6.42 Å². The molecule has 2 heterocycles. The van der Waals surface area contributed by atoms with Gasteiger partial charge in [0.1, 0.15) is 11.9 Å². The number of aromatic nitrogens is 1. The van der Waals surface area contributed by atoms with Gasteiger partial charge >= 0.3 is 0 Å². The molecule has 3 rings (SSSR count). The zero-order chi connectivity index (χ0) is 16.9. The highest BCUT2D eigenvalue weighted by molar-refractivity contribution is 5.65. The zero-order valence-electron chi connectivity index (χ0n) is 14.3. The minimum absolute atomic E-state index is 0.100. The van der Waals surface area contributed by atoms with Crippen LogP contribution in [0.25, 0.3) is 11.3 Å². The van der Waals surface area contributed by atoms with Crippen LogP contribution in [0.1, 0.15) is 26.7 Å². The van der Waals surface area contributed by atoms with Crippen LogP contribution in [0.4, 0.5) is 5.82 Å². The van der Waals surface area contributed by atoms with Crippen LogP contribution in [0.2, 0.25) is 0 Å². The number of ether oxygens (including phenoxy) is 2. The molecule has 1 aliphatic heterocycles. The fourth-order valence-corrected chi connectivity index (χ4v) is 3.04. The Kier molecular flexibility index (Phi) is 5.20. The van der Waals surface area contributed by atoms with Gasteiger partial charge in [0, 0.05) is 11.6 Å². The highest BCUT2D eigenvalue weighted by atomic mass is 16.5. The second kappa shape index (κ2) is 7.53. The molecule has 2 aromatic rings. The third kappa shape index (κ3) is 3.79. The molecule has 0 bridgehead atoms. The van der Waals surface area contributed by atoms with Crippen molar-refractivity contribution in [2.24, 2.45) is 0 Å². The first-order chi connectivity index (χ1) is 11.7. The highest BCUT2D eigenvalue weighted by Gasteiger charge is 2.23. The highest BCUT2D eigenvalue weighted by Crippen LogP contribution is 2.33. The van der Waals surface area contributed by atoms with Gasteiger partial charge in [-0.3, -0.25) is 0 Å². The van der Waals surface area contributed by atoms with E-state index >= 15 is 0 Å². The average molecular weight is 327 g/mol. The molecule has 1 aromatic carbocycles. The van der Waals surface area contributed by atoms with E-state index in [1.54, 1.807) is 6.07 Å². The first-order valence-corrected chi connectivity index (χ1v) is 8.57. The Hall–Kier alpha value is -2.27. The van der Waals surface area contributed by atoms with Gasteiger partial charge in [0.15, 0.2) is 11.5 Å². The Labute approximate surface area is 143 Å². The van der Waals surface area contributed by atoms with Crippen molar-refractivity contribution in [3.8, 4) is 22.8 Å². The van der Waals surface area contributed by atoms with Gasteiger partial charge in [0.2, 0.25) is 0 Å². The lowest BCUT2D eigenvalue weighted by Crippen LogP contribution is -2.36. The largest absolute Gasteiger partial charge is 0.490 e. The van der Waals surface area contributed by atoms with Gasteiger partial charge in [0.25, 0.3) is 0 Å². The number of hydrogen-bond acceptors (Lipinski definition) is 5. The zero-order valence-corrected chi connectivity index (χ0v) is 14.3. The van der Waals surface area contributed by atoms with Crippen LogP contribution in [0.5, 0.6) is 11.5 Å². The fourth-order valence-electron chi connectivity index (χ4n) is 3.04. The van der Waals surface area contributed by atoms with E-state index in [1.807, 2.05) is 37.3 Å². The van der Waals surface area contributed by atoms with Crippen molar-refractivity contribution in [1.29, 1.82) is 0 Å². The molecule has 24 heavy (non-hydrogen) atoms. The maximum absolute atomic E-state index is 6.16. The number of nitrogens with zero attached hydrogens (tertiary/aromatic N) is 1. The molecule has 0 aliphatic carbocycles. The first-order valence-electron chi connectivity index (χ1n) is 8.57. The van der Waals surface area contributed by atoms with Crippen LogP contribution >= 0.6 is 0 Å². The summed E-state index contributed by atoms with van der Waals surface area (Å²) < 4.78 is 12.0. The Balaban J connectivity index is 1.84. The summed E-state index contributed by atoms with van der Waals surface area (Å²) in [5, 5.41) is 3.48. The summed E-state index contributed by atoms with van der Waals surface area (Å²) >= 11 is 0. The van der Waals surface area contributed by atoms with Crippen LogP contribution in [0.3, 0.4) is 0 Å². The van der Waals surface area contributed by atoms with Gasteiger partial charge in [-0.2, -0.15) is 0 Å². The Morgan fingerprint density at radius 3 is 2.88 bits per heavy atom. The number of nitrogens with two attached hydrogens (primary N) is 1. The quantitative estimate of drug-likeness (QED) is 0.852. The molecule has 0 amide bonds. The average Bonchev–Trinajstić information content (AvgIpc) is 3.11. The van der Waals surface area contributed by atoms with Crippen molar-refractivity contribution in [2.75, 3.05) is 18.9 Å². The first kappa shape index (κ1) is 16.6. The summed E-state index contributed by atoms with van der Waals surface area (Å²) in [7, 11) is 0. The van der Waals surface area contributed by atoms with E-state index < -0.39 is 0 Å². The lowest BCUT2D eigenvalue weighted by Gasteiger charge is -2.23. The molecule has 0 saturated carbocycles. The van der Waals surface area contributed by atoms with Gasteiger partial charge in [-0.1, -0.05) is 6.07 Å². The van der Waals surface area contributed by atoms with Crippen molar-refractivity contribution < 1.29 is 9.47 Å². The number of nitrogen functional groups attached to an aromatic ring is 1. The standard InChI is InChI=1S/C19H25N3O2/c1-3-23-18-12-14(16-6-4-8-19(20)22-16)9-10-17(18)24-13(2)15-7-5-11-21-15/h4,6,8-10,12-13,15,21H,3,5,7,11H2,1-2H3,(H2,20,22). The van der Waals surface area contributed by atoms with Crippen LogP contribution in [0.15, 0.2) is 36.4 Å². The smallest absolute Gasteiger partial charge is 0.161 e. The number of pyridine rings is 1. The monoisotopic (exact) mass is 327 g/mol. The minimum atomic E-state index is 0.100. The molecule has 1 aliphatic rings. The molecule has 1 fully saturated rings. The lowest BCUT2D eigenvalue weighted by molar-refractivity contribution is 0.170. The molecule has 2 atom stereocenters. The summed E-state index contributed by atoms with van der Waals surface area (Å²) in [6, 6.07) is 11.9. The number of benzene rings is 1. The number of rotatable bonds is 6. The molecular formula is C19H25N3O2. The maximum atomic E-state index is 6.16. The van der Waals surface area contributed by atoms with E-state index in [4.69, 9.17) is 15.2 Å². The molecule has 5 heteroatoms. The lowest BCUT2D eigenvalue weighted by atomic mass is 10.1. The van der Waals surface area contributed by atoms with Crippen molar-refractivity contribution in [2.45, 2.75) is 38.8 Å². The number of anilines is 1. The molecule has 3 N–H and O–H groups in total. The SMILES string of the molecule is CCOc1cc(-c2cccc(N)n2)ccc1OC(C)C1CCCN1. The molecule has 128 valence electrons. The van der Waals surface area contributed by atoms with Crippen molar-refractivity contribution in [3.05, 3.63) is 36.4 Å². The predicted octanol–water partition coefficient (Wildman–Crippen LogP) is 3.25. The molecule has 0 radical (unpaired) electrons. The Morgan fingerprint density at radius 1 is 1.29 bits per heavy atom. The third-order valence-electron chi connectivity index (χ3n) is 4.29. The van der Waals surface area contributed by atoms with Gasteiger partial charge in [-0.25, -0.2) is 4.98 Å². The van der Waals surface area contributed by atoms with Crippen molar-refractivity contribution >= 4 is 5.82 Å². The molecule has 2 unspecified atom stereocenters. The van der Waals surface area contributed by atoms with Crippen molar-refractivity contribution in [1.82, 2.24) is 10.3 Å². The summed E-state index contributed by atoms with van der Waals surface area (Å²) in [5.74, 6) is 2.02. The predicted molar refractivity (Wildman–Crippen MR) is 96.4 cm³/mol. The normalized spacial score (nSPS) is 18.3. The van der Waals surface area contributed by atoms with E-state index in [2.05, 4.69) is 17.2 Å². The van der Waals surface area contributed by atoms with E-state index in [0.29, 0.717) is 18.5 Å². The van der Waals surface area contributed by atoms with Gasteiger partial charge in [0.05, 0.1) is 12.3 Å². The minimum Gasteiger partial charge on any atom is -0.490 e. The van der Waals surface area contributed by atoms with E-state index in [-0.39, 0.29) is 6.10 Å². The molecule has 1 saturated heterocycles. The molecule has 0 spiro atoms. The number of hydrogen-bond donors (Lipinski definition) is 2. The van der Waals surface area contributed by atoms with Crippen LogP contribution in [0, 0.1) is 0 Å².